The number of carbonyl (C=O) groups is 2. The van der Waals surface area contributed by atoms with Crippen LogP contribution in [0, 0.1) is 0 Å². The van der Waals surface area contributed by atoms with Crippen molar-refractivity contribution in [3.8, 4) is 5.75 Å². The molecule has 4 nitrogen and oxygen atoms in total. The summed E-state index contributed by atoms with van der Waals surface area (Å²) in [7, 11) is 1.53. The van der Waals surface area contributed by atoms with Crippen molar-refractivity contribution in [3.05, 3.63) is 23.3 Å². The SMILES string of the molecule is COc1c(C=O)cc(NC(C)=O)cc1C(C)C. The highest BCUT2D eigenvalue weighted by atomic mass is 16.5. The van der Waals surface area contributed by atoms with Gasteiger partial charge in [0, 0.05) is 12.6 Å². The Labute approximate surface area is 101 Å². The first-order chi connectivity index (χ1) is 7.99. The van der Waals surface area contributed by atoms with Crippen LogP contribution in [0.25, 0.3) is 0 Å². The van der Waals surface area contributed by atoms with Crippen molar-refractivity contribution < 1.29 is 14.3 Å². The molecule has 0 unspecified atom stereocenters. The fourth-order valence-electron chi connectivity index (χ4n) is 1.70. The first kappa shape index (κ1) is 13.2. The van der Waals surface area contributed by atoms with Crippen LogP contribution in [0.4, 0.5) is 5.69 Å². The van der Waals surface area contributed by atoms with Gasteiger partial charge in [-0.2, -0.15) is 0 Å². The number of hydrogen-bond donors (Lipinski definition) is 1. The van der Waals surface area contributed by atoms with Crippen LogP contribution in [0.15, 0.2) is 12.1 Å². The summed E-state index contributed by atoms with van der Waals surface area (Å²) in [5.74, 6) is 0.614. The van der Waals surface area contributed by atoms with Crippen LogP contribution in [0.2, 0.25) is 0 Å². The number of rotatable bonds is 4. The molecule has 0 aliphatic carbocycles. The highest BCUT2D eigenvalue weighted by molar-refractivity contribution is 5.91. The molecule has 0 aliphatic rings. The Balaban J connectivity index is 3.34. The van der Waals surface area contributed by atoms with E-state index in [0.717, 1.165) is 11.8 Å². The van der Waals surface area contributed by atoms with E-state index in [9.17, 15) is 9.59 Å². The molecule has 4 heteroatoms. The number of methoxy groups -OCH3 is 1. The summed E-state index contributed by atoms with van der Waals surface area (Å²) in [4.78, 5) is 22.0. The maximum Gasteiger partial charge on any atom is 0.221 e. The molecule has 1 rings (SSSR count). The van der Waals surface area contributed by atoms with E-state index >= 15 is 0 Å². The topological polar surface area (TPSA) is 55.4 Å². The van der Waals surface area contributed by atoms with Gasteiger partial charge in [0.25, 0.3) is 0 Å². The van der Waals surface area contributed by atoms with Crippen LogP contribution in [0.5, 0.6) is 5.75 Å². The number of benzene rings is 1. The molecule has 0 aromatic heterocycles. The van der Waals surface area contributed by atoms with Gasteiger partial charge in [-0.25, -0.2) is 0 Å². The second-order valence-corrected chi connectivity index (χ2v) is 4.14. The molecule has 0 saturated carbocycles. The van der Waals surface area contributed by atoms with Crippen molar-refractivity contribution in [2.75, 3.05) is 12.4 Å². The van der Waals surface area contributed by atoms with E-state index < -0.39 is 0 Å². The molecule has 0 radical (unpaired) electrons. The number of hydrogen-bond acceptors (Lipinski definition) is 3. The highest BCUT2D eigenvalue weighted by Gasteiger charge is 2.14. The first-order valence-corrected chi connectivity index (χ1v) is 5.44. The number of nitrogens with one attached hydrogen (secondary N) is 1. The zero-order valence-corrected chi connectivity index (χ0v) is 10.5. The zero-order valence-electron chi connectivity index (χ0n) is 10.5. The Kier molecular flexibility index (Phi) is 4.26. The Hall–Kier alpha value is -1.84. The third-order valence-corrected chi connectivity index (χ3v) is 2.42. The second kappa shape index (κ2) is 5.48. The standard InChI is InChI=1S/C13H17NO3/c1-8(2)12-6-11(14-9(3)16)5-10(7-15)13(12)17-4/h5-8H,1-4H3,(H,14,16). The lowest BCUT2D eigenvalue weighted by Crippen LogP contribution is -2.08. The van der Waals surface area contributed by atoms with Gasteiger partial charge in [0.1, 0.15) is 5.75 Å². The third-order valence-electron chi connectivity index (χ3n) is 2.42. The predicted molar refractivity (Wildman–Crippen MR) is 66.8 cm³/mol. The van der Waals surface area contributed by atoms with Crippen molar-refractivity contribution in [2.45, 2.75) is 26.7 Å². The highest BCUT2D eigenvalue weighted by Crippen LogP contribution is 2.32. The number of carbonyl (C=O) groups excluding carboxylic acids is 2. The lowest BCUT2D eigenvalue weighted by atomic mass is 9.98. The van der Waals surface area contributed by atoms with Crippen molar-refractivity contribution in [1.82, 2.24) is 0 Å². The second-order valence-electron chi connectivity index (χ2n) is 4.14. The van der Waals surface area contributed by atoms with Crippen molar-refractivity contribution in [2.24, 2.45) is 0 Å². The Morgan fingerprint density at radius 1 is 1.41 bits per heavy atom. The fraction of sp³-hybridized carbons (Fsp3) is 0.385. The average Bonchev–Trinajstić information content (AvgIpc) is 2.26. The van der Waals surface area contributed by atoms with Crippen LogP contribution in [0.3, 0.4) is 0 Å². The molecule has 1 N–H and O–H groups in total. The quantitative estimate of drug-likeness (QED) is 0.816. The van der Waals surface area contributed by atoms with Gasteiger partial charge >= 0.3 is 0 Å². The minimum Gasteiger partial charge on any atom is -0.496 e. The number of ether oxygens (including phenoxy) is 1. The lowest BCUT2D eigenvalue weighted by molar-refractivity contribution is -0.114. The Bertz CT molecular complexity index is 439. The summed E-state index contributed by atoms with van der Waals surface area (Å²) in [5.41, 5.74) is 1.97. The molecule has 0 saturated heterocycles. The van der Waals surface area contributed by atoms with Crippen LogP contribution in [0.1, 0.15) is 42.6 Å². The molecule has 0 fully saturated rings. The minimum absolute atomic E-state index is 0.165. The van der Waals surface area contributed by atoms with E-state index in [0.29, 0.717) is 17.0 Å². The summed E-state index contributed by atoms with van der Waals surface area (Å²) < 4.78 is 5.24. The minimum atomic E-state index is -0.165. The van der Waals surface area contributed by atoms with Crippen molar-refractivity contribution in [3.63, 3.8) is 0 Å². The average molecular weight is 235 g/mol. The van der Waals surface area contributed by atoms with E-state index in [1.807, 2.05) is 19.9 Å². The predicted octanol–water partition coefficient (Wildman–Crippen LogP) is 2.59. The molecule has 0 atom stereocenters. The van der Waals surface area contributed by atoms with Crippen LogP contribution in [-0.4, -0.2) is 19.3 Å². The maximum absolute atomic E-state index is 11.0. The summed E-state index contributed by atoms with van der Waals surface area (Å²) in [5, 5.41) is 2.67. The van der Waals surface area contributed by atoms with E-state index in [2.05, 4.69) is 5.32 Å². The van der Waals surface area contributed by atoms with Gasteiger partial charge < -0.3 is 10.1 Å². The van der Waals surface area contributed by atoms with E-state index in [1.165, 1.54) is 14.0 Å². The summed E-state index contributed by atoms with van der Waals surface area (Å²) in [6.07, 6.45) is 0.732. The summed E-state index contributed by atoms with van der Waals surface area (Å²) >= 11 is 0. The van der Waals surface area contributed by atoms with Crippen molar-refractivity contribution in [1.29, 1.82) is 0 Å². The van der Waals surface area contributed by atoms with Crippen LogP contribution in [-0.2, 0) is 4.79 Å². The van der Waals surface area contributed by atoms with E-state index in [4.69, 9.17) is 4.74 Å². The molecule has 1 aromatic carbocycles. The monoisotopic (exact) mass is 235 g/mol. The van der Waals surface area contributed by atoms with E-state index in [1.54, 1.807) is 6.07 Å². The lowest BCUT2D eigenvalue weighted by Gasteiger charge is -2.16. The largest absolute Gasteiger partial charge is 0.496 e. The Morgan fingerprint density at radius 2 is 2.06 bits per heavy atom. The number of anilines is 1. The maximum atomic E-state index is 11.0. The fourth-order valence-corrected chi connectivity index (χ4v) is 1.70. The van der Waals surface area contributed by atoms with Gasteiger partial charge in [0.05, 0.1) is 12.7 Å². The smallest absolute Gasteiger partial charge is 0.221 e. The number of aldehydes is 1. The zero-order chi connectivity index (χ0) is 13.0. The first-order valence-electron chi connectivity index (χ1n) is 5.44. The van der Waals surface area contributed by atoms with Gasteiger partial charge in [0.2, 0.25) is 5.91 Å². The number of amides is 1. The summed E-state index contributed by atoms with van der Waals surface area (Å²) in [6.45, 7) is 5.44. The molecule has 1 aromatic rings. The van der Waals surface area contributed by atoms with E-state index in [-0.39, 0.29) is 11.8 Å². The molecular weight excluding hydrogens is 218 g/mol. The summed E-state index contributed by atoms with van der Waals surface area (Å²) in [6, 6.07) is 3.44. The molecular formula is C13H17NO3. The molecule has 17 heavy (non-hydrogen) atoms. The van der Waals surface area contributed by atoms with Crippen LogP contribution >= 0.6 is 0 Å². The molecule has 0 heterocycles. The normalized spacial score (nSPS) is 10.2. The molecule has 0 spiro atoms. The van der Waals surface area contributed by atoms with Crippen molar-refractivity contribution >= 4 is 17.9 Å². The molecule has 92 valence electrons. The molecule has 0 aliphatic heterocycles. The van der Waals surface area contributed by atoms with Gasteiger partial charge in [0.15, 0.2) is 6.29 Å². The van der Waals surface area contributed by atoms with Gasteiger partial charge in [-0.15, -0.1) is 0 Å². The Morgan fingerprint density at radius 3 is 2.47 bits per heavy atom. The van der Waals surface area contributed by atoms with Crippen LogP contribution < -0.4 is 10.1 Å². The third kappa shape index (κ3) is 3.06. The van der Waals surface area contributed by atoms with Gasteiger partial charge in [-0.1, -0.05) is 13.8 Å². The molecule has 0 bridgehead atoms. The van der Waals surface area contributed by atoms with Gasteiger partial charge in [-0.05, 0) is 23.6 Å². The molecule has 1 amide bonds. The van der Waals surface area contributed by atoms with Gasteiger partial charge in [-0.3, -0.25) is 9.59 Å².